The van der Waals surface area contributed by atoms with E-state index in [2.05, 4.69) is 20.8 Å². The predicted molar refractivity (Wildman–Crippen MR) is 54.8 cm³/mol. The van der Waals surface area contributed by atoms with Crippen LogP contribution < -0.4 is 0 Å². The molecule has 0 aliphatic rings. The van der Waals surface area contributed by atoms with E-state index in [1.807, 2.05) is 0 Å². The first kappa shape index (κ1) is 12.6. The number of aldehydes is 1. The molecule has 0 aliphatic carbocycles. The molecule has 0 radical (unpaired) electrons. The Kier molecular flexibility index (Phi) is 5.97. The average Bonchev–Trinajstić information content (AvgIpc) is 2.10. The number of rotatable bonds is 7. The van der Waals surface area contributed by atoms with Gasteiger partial charge in [-0.3, -0.25) is 0 Å². The Bertz CT molecular complexity index is 141. The molecule has 0 bridgehead atoms. The van der Waals surface area contributed by atoms with Crippen molar-refractivity contribution < 1.29 is 9.53 Å². The maximum atomic E-state index is 10.4. The van der Waals surface area contributed by atoms with Crippen molar-refractivity contribution >= 4 is 6.29 Å². The summed E-state index contributed by atoms with van der Waals surface area (Å²) in [5.74, 6) is 0. The molecular weight excluding hydrogens is 164 g/mol. The van der Waals surface area contributed by atoms with Crippen LogP contribution >= 0.6 is 0 Å². The highest BCUT2D eigenvalue weighted by atomic mass is 16.5. The molecule has 13 heavy (non-hydrogen) atoms. The van der Waals surface area contributed by atoms with E-state index < -0.39 is 0 Å². The second-order valence-electron chi connectivity index (χ2n) is 4.22. The van der Waals surface area contributed by atoms with E-state index in [4.69, 9.17) is 4.74 Å². The minimum absolute atomic E-state index is 0.0662. The summed E-state index contributed by atoms with van der Waals surface area (Å²) in [5, 5.41) is 0. The number of ether oxygens (including phenoxy) is 1. The Morgan fingerprint density at radius 3 is 2.46 bits per heavy atom. The normalized spacial score (nSPS) is 14.2. The van der Waals surface area contributed by atoms with Crippen molar-refractivity contribution in [1.29, 1.82) is 0 Å². The lowest BCUT2D eigenvalue weighted by molar-refractivity contribution is -0.112. The quantitative estimate of drug-likeness (QED) is 0.571. The van der Waals surface area contributed by atoms with Crippen LogP contribution in [0.25, 0.3) is 0 Å². The molecular formula is C11H22O2. The number of unbranched alkanes of at least 4 members (excludes halogenated alkanes) is 1. The maximum absolute atomic E-state index is 10.4. The van der Waals surface area contributed by atoms with Crippen LogP contribution in [0.1, 0.15) is 46.5 Å². The van der Waals surface area contributed by atoms with Gasteiger partial charge in [-0.1, -0.05) is 33.6 Å². The lowest BCUT2D eigenvalue weighted by atomic mass is 9.80. The van der Waals surface area contributed by atoms with Crippen LogP contribution in [0.5, 0.6) is 0 Å². The molecule has 0 fully saturated rings. The Labute approximate surface area is 81.7 Å². The third-order valence-corrected chi connectivity index (χ3v) is 2.64. The largest absolute Gasteiger partial charge is 0.380 e. The average molecular weight is 186 g/mol. The van der Waals surface area contributed by atoms with Crippen molar-refractivity contribution in [2.45, 2.75) is 52.6 Å². The van der Waals surface area contributed by atoms with Crippen molar-refractivity contribution in [1.82, 2.24) is 0 Å². The van der Waals surface area contributed by atoms with Crippen molar-refractivity contribution in [3.63, 3.8) is 0 Å². The summed E-state index contributed by atoms with van der Waals surface area (Å²) in [5.41, 5.74) is 0.117. The highest BCUT2D eigenvalue weighted by Crippen LogP contribution is 2.30. The summed E-state index contributed by atoms with van der Waals surface area (Å²) in [6.07, 6.45) is 5.04. The minimum Gasteiger partial charge on any atom is -0.380 e. The fourth-order valence-electron chi connectivity index (χ4n) is 1.62. The van der Waals surface area contributed by atoms with Gasteiger partial charge >= 0.3 is 0 Å². The first-order valence-electron chi connectivity index (χ1n) is 5.05. The Balaban J connectivity index is 4.10. The van der Waals surface area contributed by atoms with Crippen molar-refractivity contribution in [3.8, 4) is 0 Å². The van der Waals surface area contributed by atoms with Gasteiger partial charge in [0.1, 0.15) is 6.29 Å². The highest BCUT2D eigenvalue weighted by molar-refractivity contribution is 5.50. The molecule has 0 aliphatic heterocycles. The molecule has 1 atom stereocenters. The van der Waals surface area contributed by atoms with Gasteiger partial charge in [-0.05, 0) is 11.8 Å². The Morgan fingerprint density at radius 2 is 2.08 bits per heavy atom. The molecule has 0 saturated heterocycles. The first-order valence-corrected chi connectivity index (χ1v) is 5.05. The van der Waals surface area contributed by atoms with Crippen LogP contribution in [0.3, 0.4) is 0 Å². The van der Waals surface area contributed by atoms with E-state index in [9.17, 15) is 4.79 Å². The van der Waals surface area contributed by atoms with E-state index >= 15 is 0 Å². The van der Waals surface area contributed by atoms with Gasteiger partial charge in [0.2, 0.25) is 0 Å². The summed E-state index contributed by atoms with van der Waals surface area (Å²) in [4.78, 5) is 10.4. The smallest absolute Gasteiger partial charge is 0.122 e. The molecule has 0 N–H and O–H groups in total. The Morgan fingerprint density at radius 1 is 1.46 bits per heavy atom. The van der Waals surface area contributed by atoms with Gasteiger partial charge in [0.05, 0.1) is 6.10 Å². The standard InChI is InChI=1S/C11H22O2/c1-5-6-8-11(2,3)10(13-4)7-9-12/h9-10H,5-8H2,1-4H3. The molecule has 2 heteroatoms. The van der Waals surface area contributed by atoms with Crippen LogP contribution in [0, 0.1) is 5.41 Å². The monoisotopic (exact) mass is 186 g/mol. The van der Waals surface area contributed by atoms with Crippen LogP contribution in [-0.4, -0.2) is 19.5 Å². The zero-order chi connectivity index (χ0) is 10.3. The number of hydrogen-bond donors (Lipinski definition) is 0. The molecule has 0 amide bonds. The van der Waals surface area contributed by atoms with Crippen LogP contribution in [0.15, 0.2) is 0 Å². The maximum Gasteiger partial charge on any atom is 0.122 e. The number of carbonyl (C=O) groups is 1. The molecule has 0 heterocycles. The lowest BCUT2D eigenvalue weighted by Crippen LogP contribution is -2.31. The SMILES string of the molecule is CCCCC(C)(C)C(CC=O)OC. The van der Waals surface area contributed by atoms with Crippen LogP contribution in [0.2, 0.25) is 0 Å². The van der Waals surface area contributed by atoms with E-state index in [0.717, 1.165) is 12.7 Å². The third kappa shape index (κ3) is 4.41. The minimum atomic E-state index is 0.0662. The van der Waals surface area contributed by atoms with Crippen molar-refractivity contribution in [2.75, 3.05) is 7.11 Å². The predicted octanol–water partition coefficient (Wildman–Crippen LogP) is 2.81. The Hall–Kier alpha value is -0.370. The van der Waals surface area contributed by atoms with Gasteiger partial charge in [-0.15, -0.1) is 0 Å². The second-order valence-corrected chi connectivity index (χ2v) is 4.22. The van der Waals surface area contributed by atoms with Gasteiger partial charge in [0.15, 0.2) is 0 Å². The van der Waals surface area contributed by atoms with Gasteiger partial charge < -0.3 is 9.53 Å². The lowest BCUT2D eigenvalue weighted by Gasteiger charge is -2.32. The summed E-state index contributed by atoms with van der Waals surface area (Å²) in [6.45, 7) is 6.51. The van der Waals surface area contributed by atoms with E-state index in [1.54, 1.807) is 7.11 Å². The topological polar surface area (TPSA) is 26.3 Å². The zero-order valence-corrected chi connectivity index (χ0v) is 9.30. The fourth-order valence-corrected chi connectivity index (χ4v) is 1.62. The van der Waals surface area contributed by atoms with E-state index in [-0.39, 0.29) is 11.5 Å². The summed E-state index contributed by atoms with van der Waals surface area (Å²) in [6, 6.07) is 0. The molecule has 1 unspecified atom stereocenters. The van der Waals surface area contributed by atoms with Gasteiger partial charge in [0.25, 0.3) is 0 Å². The molecule has 78 valence electrons. The summed E-state index contributed by atoms with van der Waals surface area (Å²) in [7, 11) is 1.68. The summed E-state index contributed by atoms with van der Waals surface area (Å²) >= 11 is 0. The van der Waals surface area contributed by atoms with Gasteiger partial charge in [0, 0.05) is 13.5 Å². The molecule has 0 aromatic rings. The molecule has 2 nitrogen and oxygen atoms in total. The summed E-state index contributed by atoms with van der Waals surface area (Å²) < 4.78 is 5.32. The highest BCUT2D eigenvalue weighted by Gasteiger charge is 2.28. The first-order chi connectivity index (χ1) is 6.08. The van der Waals surface area contributed by atoms with Crippen molar-refractivity contribution in [2.24, 2.45) is 5.41 Å². The molecule has 0 rings (SSSR count). The molecule has 0 spiro atoms. The van der Waals surface area contributed by atoms with Gasteiger partial charge in [-0.2, -0.15) is 0 Å². The van der Waals surface area contributed by atoms with Crippen molar-refractivity contribution in [3.05, 3.63) is 0 Å². The van der Waals surface area contributed by atoms with Crippen LogP contribution in [0.4, 0.5) is 0 Å². The van der Waals surface area contributed by atoms with Gasteiger partial charge in [-0.25, -0.2) is 0 Å². The van der Waals surface area contributed by atoms with E-state index in [1.165, 1.54) is 12.8 Å². The molecule has 0 aromatic carbocycles. The number of carbonyl (C=O) groups excluding carboxylic acids is 1. The third-order valence-electron chi connectivity index (χ3n) is 2.64. The zero-order valence-electron chi connectivity index (χ0n) is 9.30. The second kappa shape index (κ2) is 6.14. The molecule has 0 saturated carbocycles. The van der Waals surface area contributed by atoms with E-state index in [0.29, 0.717) is 6.42 Å². The molecule has 0 aromatic heterocycles. The number of hydrogen-bond acceptors (Lipinski definition) is 2. The fraction of sp³-hybridized carbons (Fsp3) is 0.909. The van der Waals surface area contributed by atoms with Crippen LogP contribution in [-0.2, 0) is 9.53 Å². The number of methoxy groups -OCH3 is 1.